The Kier molecular flexibility index (Phi) is 10.6. The molecule has 0 fully saturated rings. The minimum Gasteiger partial charge on any atom is -0.493 e. The summed E-state index contributed by atoms with van der Waals surface area (Å²) >= 11 is 0. The second-order valence-corrected chi connectivity index (χ2v) is 8.67. The predicted octanol–water partition coefficient (Wildman–Crippen LogP) is 5.19. The average molecular weight is 584 g/mol. The van der Waals surface area contributed by atoms with E-state index in [2.05, 4.69) is 5.32 Å². The maximum Gasteiger partial charge on any atom is 0.513 e. The first-order chi connectivity index (χ1) is 20.1. The number of nitrogens with zero attached hydrogens (tertiary/aromatic N) is 2. The number of nitro groups is 1. The van der Waals surface area contributed by atoms with Gasteiger partial charge in [-0.15, -0.1) is 0 Å². The monoisotopic (exact) mass is 583 g/mol. The molecule has 42 heavy (non-hydrogen) atoms. The fourth-order valence-electron chi connectivity index (χ4n) is 4.13. The van der Waals surface area contributed by atoms with Crippen molar-refractivity contribution in [1.29, 1.82) is 5.26 Å². The Morgan fingerprint density at radius 3 is 2.07 bits per heavy atom. The van der Waals surface area contributed by atoms with E-state index in [1.54, 1.807) is 32.0 Å². The van der Waals surface area contributed by atoms with Crippen molar-refractivity contribution in [2.45, 2.75) is 32.8 Å². The van der Waals surface area contributed by atoms with Gasteiger partial charge < -0.3 is 38.5 Å². The Morgan fingerprint density at radius 1 is 0.952 bits per heavy atom. The van der Waals surface area contributed by atoms with Crippen LogP contribution in [0.4, 0.5) is 15.3 Å². The van der Waals surface area contributed by atoms with Gasteiger partial charge in [-0.3, -0.25) is 10.1 Å². The number of hydrogen-bond acceptors (Lipinski definition) is 13. The first-order valence-electron chi connectivity index (χ1n) is 12.4. The van der Waals surface area contributed by atoms with E-state index in [1.807, 2.05) is 6.07 Å². The van der Waals surface area contributed by atoms with Gasteiger partial charge in [0.15, 0.2) is 11.5 Å². The third kappa shape index (κ3) is 7.39. The standard InChI is InChI=1S/C28H29N3O11/c1-16-24(41-27(32)39-11-7-10-29)23(19-8-6-9-20(14-19)31(34)35)25(17(2)30-16)42-28(33)40-15-18-12-21(36-3)26(38-5)22(13-18)37-4/h6,8-9,12-14,23,30H,7,11,15H2,1-5H3. The van der Waals surface area contributed by atoms with Crippen LogP contribution in [0.15, 0.2) is 59.3 Å². The molecule has 14 heteroatoms. The Hall–Kier alpha value is -5.45. The summed E-state index contributed by atoms with van der Waals surface area (Å²) in [6, 6.07) is 10.6. The van der Waals surface area contributed by atoms with E-state index in [9.17, 15) is 19.7 Å². The van der Waals surface area contributed by atoms with Crippen molar-refractivity contribution in [2.24, 2.45) is 0 Å². The summed E-state index contributed by atoms with van der Waals surface area (Å²) in [6.45, 7) is 2.77. The van der Waals surface area contributed by atoms with Crippen molar-refractivity contribution in [3.8, 4) is 23.3 Å². The van der Waals surface area contributed by atoms with Crippen molar-refractivity contribution in [1.82, 2.24) is 5.32 Å². The number of nitriles is 1. The minimum absolute atomic E-state index is 0.0317. The quantitative estimate of drug-likeness (QED) is 0.158. The van der Waals surface area contributed by atoms with Crippen LogP contribution in [0.3, 0.4) is 0 Å². The predicted molar refractivity (Wildman–Crippen MR) is 144 cm³/mol. The highest BCUT2D eigenvalue weighted by molar-refractivity contribution is 5.65. The molecule has 0 radical (unpaired) electrons. The number of nitrogens with one attached hydrogen (secondary N) is 1. The summed E-state index contributed by atoms with van der Waals surface area (Å²) in [7, 11) is 4.36. The van der Waals surface area contributed by atoms with Crippen LogP contribution >= 0.6 is 0 Å². The molecule has 3 rings (SSSR count). The van der Waals surface area contributed by atoms with Crippen molar-refractivity contribution in [3.05, 3.63) is 80.6 Å². The molecular formula is C28H29N3O11. The van der Waals surface area contributed by atoms with E-state index >= 15 is 0 Å². The molecule has 2 aromatic rings. The van der Waals surface area contributed by atoms with Crippen molar-refractivity contribution in [3.63, 3.8) is 0 Å². The number of allylic oxidation sites excluding steroid dienone is 2. The lowest BCUT2D eigenvalue weighted by atomic mass is 9.90. The SMILES string of the molecule is COc1cc(COC(=O)OC2=C(C)NC(C)=C(OC(=O)OCCC#N)C2c2cccc([N+](=O)[O-])c2)cc(OC)c1OC. The maximum absolute atomic E-state index is 12.9. The van der Waals surface area contributed by atoms with Gasteiger partial charge in [-0.05, 0) is 37.1 Å². The number of methoxy groups -OCH3 is 3. The van der Waals surface area contributed by atoms with Gasteiger partial charge in [-0.25, -0.2) is 9.59 Å². The Morgan fingerprint density at radius 2 is 1.55 bits per heavy atom. The zero-order valence-electron chi connectivity index (χ0n) is 23.5. The molecule has 0 aliphatic carbocycles. The van der Waals surface area contributed by atoms with Crippen LogP contribution in [0.2, 0.25) is 0 Å². The number of ether oxygens (including phenoxy) is 7. The first-order valence-corrected chi connectivity index (χ1v) is 12.4. The van der Waals surface area contributed by atoms with Crippen molar-refractivity contribution in [2.75, 3.05) is 27.9 Å². The summed E-state index contributed by atoms with van der Waals surface area (Å²) in [6.07, 6.45) is -2.27. The number of benzene rings is 2. The smallest absolute Gasteiger partial charge is 0.493 e. The van der Waals surface area contributed by atoms with Crippen molar-refractivity contribution >= 4 is 18.0 Å². The van der Waals surface area contributed by atoms with Gasteiger partial charge in [0.25, 0.3) is 5.69 Å². The second-order valence-electron chi connectivity index (χ2n) is 8.67. The topological polar surface area (TPSA) is 178 Å². The molecule has 1 atom stereocenters. The van der Waals surface area contributed by atoms with Crippen molar-refractivity contribution < 1.29 is 47.7 Å². The molecular weight excluding hydrogens is 554 g/mol. The summed E-state index contributed by atoms with van der Waals surface area (Å²) in [5.74, 6) is -0.0713. The number of dihydropyridines is 1. The third-order valence-electron chi connectivity index (χ3n) is 5.95. The number of rotatable bonds is 11. The van der Waals surface area contributed by atoms with Crippen LogP contribution in [-0.4, -0.2) is 45.2 Å². The van der Waals surface area contributed by atoms with Crippen LogP contribution in [0.25, 0.3) is 0 Å². The van der Waals surface area contributed by atoms with Gasteiger partial charge in [0.2, 0.25) is 5.75 Å². The van der Waals surface area contributed by atoms with E-state index in [4.69, 9.17) is 38.4 Å². The number of carbonyl (C=O) groups is 2. The lowest BCUT2D eigenvalue weighted by Crippen LogP contribution is -2.29. The maximum atomic E-state index is 12.9. The molecule has 0 spiro atoms. The zero-order valence-corrected chi connectivity index (χ0v) is 23.5. The largest absolute Gasteiger partial charge is 0.513 e. The molecule has 1 unspecified atom stereocenters. The Labute approximate surface area is 241 Å². The third-order valence-corrected chi connectivity index (χ3v) is 5.95. The van der Waals surface area contributed by atoms with Crippen LogP contribution in [0, 0.1) is 21.4 Å². The highest BCUT2D eigenvalue weighted by Crippen LogP contribution is 2.41. The highest BCUT2D eigenvalue weighted by Gasteiger charge is 2.36. The summed E-state index contributed by atoms with van der Waals surface area (Å²) in [5, 5.41) is 23.2. The molecule has 1 N–H and O–H groups in total. The van der Waals surface area contributed by atoms with E-state index in [0.29, 0.717) is 34.2 Å². The number of non-ortho nitro benzene ring substituents is 1. The van der Waals surface area contributed by atoms with Crippen LogP contribution in [0.1, 0.15) is 37.3 Å². The molecule has 0 bridgehead atoms. The lowest BCUT2D eigenvalue weighted by molar-refractivity contribution is -0.384. The first kappa shape index (κ1) is 31.1. The van der Waals surface area contributed by atoms with E-state index in [0.717, 1.165) is 0 Å². The molecule has 1 aliphatic rings. The van der Waals surface area contributed by atoms with Crippen LogP contribution in [-0.2, 0) is 25.6 Å². The molecule has 0 saturated heterocycles. The van der Waals surface area contributed by atoms with Gasteiger partial charge in [0.05, 0.1) is 50.1 Å². The summed E-state index contributed by atoms with van der Waals surface area (Å²) in [4.78, 5) is 36.2. The molecule has 222 valence electrons. The van der Waals surface area contributed by atoms with Gasteiger partial charge in [-0.2, -0.15) is 5.26 Å². The highest BCUT2D eigenvalue weighted by atomic mass is 16.7. The van der Waals surface area contributed by atoms with E-state index in [1.165, 1.54) is 39.5 Å². The molecule has 14 nitrogen and oxygen atoms in total. The average Bonchev–Trinajstić information content (AvgIpc) is 2.98. The number of nitro benzene ring substituents is 1. The van der Waals surface area contributed by atoms with E-state index < -0.39 is 23.2 Å². The van der Waals surface area contributed by atoms with Crippen LogP contribution in [0.5, 0.6) is 17.2 Å². The second kappa shape index (κ2) is 14.3. The summed E-state index contributed by atoms with van der Waals surface area (Å²) in [5.41, 5.74) is 1.28. The normalized spacial score (nSPS) is 14.2. The summed E-state index contributed by atoms with van der Waals surface area (Å²) < 4.78 is 37.3. The molecule has 2 aromatic carbocycles. The molecule has 0 saturated carbocycles. The van der Waals surface area contributed by atoms with Gasteiger partial charge >= 0.3 is 12.3 Å². The molecule has 1 heterocycles. The van der Waals surface area contributed by atoms with Crippen LogP contribution < -0.4 is 19.5 Å². The molecule has 1 aliphatic heterocycles. The Balaban J connectivity index is 1.90. The molecule has 0 aromatic heterocycles. The Bertz CT molecular complexity index is 1430. The van der Waals surface area contributed by atoms with Gasteiger partial charge in [0, 0.05) is 12.1 Å². The van der Waals surface area contributed by atoms with E-state index in [-0.39, 0.29) is 42.4 Å². The fourth-order valence-corrected chi connectivity index (χ4v) is 4.13. The number of hydrogen-bond donors (Lipinski definition) is 1. The van der Waals surface area contributed by atoms with Gasteiger partial charge in [0.1, 0.15) is 30.6 Å². The minimum atomic E-state index is -1.11. The molecule has 0 amide bonds. The lowest BCUT2D eigenvalue weighted by Gasteiger charge is -2.30. The zero-order chi connectivity index (χ0) is 30.8. The number of carbonyl (C=O) groups excluding carboxylic acids is 2. The van der Waals surface area contributed by atoms with Gasteiger partial charge in [-0.1, -0.05) is 12.1 Å². The fraction of sp³-hybridized carbons (Fsp3) is 0.321.